The van der Waals surface area contributed by atoms with E-state index in [9.17, 15) is 8.78 Å². The van der Waals surface area contributed by atoms with E-state index in [1.54, 1.807) is 0 Å². The molecule has 0 spiro atoms. The summed E-state index contributed by atoms with van der Waals surface area (Å²) < 4.78 is 26.7. The fourth-order valence-corrected chi connectivity index (χ4v) is 4.17. The second-order valence-electron chi connectivity index (χ2n) is 7.57. The molecule has 0 atom stereocenters. The first kappa shape index (κ1) is 18.1. The molecule has 0 unspecified atom stereocenters. The molecule has 0 heterocycles. The summed E-state index contributed by atoms with van der Waals surface area (Å²) in [5.74, 6) is 0.771. The van der Waals surface area contributed by atoms with Gasteiger partial charge in [-0.25, -0.2) is 8.78 Å². The van der Waals surface area contributed by atoms with Crippen molar-refractivity contribution in [3.05, 3.63) is 59.7 Å². The molecule has 0 bridgehead atoms. The predicted octanol–water partition coefficient (Wildman–Crippen LogP) is 7.17. The van der Waals surface area contributed by atoms with Crippen molar-refractivity contribution in [1.29, 1.82) is 0 Å². The van der Waals surface area contributed by atoms with Gasteiger partial charge in [0.1, 0.15) is 11.6 Å². The molecule has 0 saturated heterocycles. The van der Waals surface area contributed by atoms with E-state index in [-0.39, 0.29) is 0 Å². The third-order valence-electron chi connectivity index (χ3n) is 5.65. The predicted molar refractivity (Wildman–Crippen MR) is 100 cm³/mol. The van der Waals surface area contributed by atoms with Crippen LogP contribution in [0, 0.1) is 23.5 Å². The lowest BCUT2D eigenvalue weighted by Crippen LogP contribution is -2.15. The highest BCUT2D eigenvalue weighted by molar-refractivity contribution is 5.63. The van der Waals surface area contributed by atoms with E-state index in [0.29, 0.717) is 5.56 Å². The molecule has 3 rings (SSSR count). The van der Waals surface area contributed by atoms with Crippen LogP contribution in [0.25, 0.3) is 11.1 Å². The third kappa shape index (κ3) is 5.14. The number of rotatable bonds is 6. The van der Waals surface area contributed by atoms with Crippen molar-refractivity contribution in [3.8, 4) is 11.1 Å². The van der Waals surface area contributed by atoms with Crippen molar-refractivity contribution in [3.63, 3.8) is 0 Å². The summed E-state index contributed by atoms with van der Waals surface area (Å²) in [6.45, 7) is 2.29. The summed E-state index contributed by atoms with van der Waals surface area (Å²) in [5, 5.41) is 0. The SMILES string of the molecule is CCCC1CCC(CCc2ccc(-c3cc(F)cc(F)c3)cc2)CC1. The van der Waals surface area contributed by atoms with Gasteiger partial charge in [0.25, 0.3) is 0 Å². The number of halogens is 2. The number of benzene rings is 2. The summed E-state index contributed by atoms with van der Waals surface area (Å²) in [7, 11) is 0. The average Bonchev–Trinajstić information content (AvgIpc) is 2.61. The molecule has 2 heteroatoms. The lowest BCUT2D eigenvalue weighted by Gasteiger charge is -2.28. The first-order chi connectivity index (χ1) is 12.1. The topological polar surface area (TPSA) is 0 Å². The minimum atomic E-state index is -0.530. The van der Waals surface area contributed by atoms with Crippen molar-refractivity contribution in [2.75, 3.05) is 0 Å². The zero-order chi connectivity index (χ0) is 17.6. The molecule has 1 aliphatic rings. The Bertz CT molecular complexity index is 647. The maximum absolute atomic E-state index is 13.4. The van der Waals surface area contributed by atoms with E-state index in [4.69, 9.17) is 0 Å². The van der Waals surface area contributed by atoms with Crippen molar-refractivity contribution in [1.82, 2.24) is 0 Å². The quantitative estimate of drug-likeness (QED) is 0.522. The van der Waals surface area contributed by atoms with Gasteiger partial charge in [0.05, 0.1) is 0 Å². The Balaban J connectivity index is 1.53. The van der Waals surface area contributed by atoms with E-state index in [0.717, 1.165) is 29.9 Å². The highest BCUT2D eigenvalue weighted by Gasteiger charge is 2.20. The lowest BCUT2D eigenvalue weighted by molar-refractivity contribution is 0.252. The Hall–Kier alpha value is -1.70. The summed E-state index contributed by atoms with van der Waals surface area (Å²) in [5.41, 5.74) is 2.77. The standard InChI is InChI=1S/C23H28F2/c1-2-3-17-4-6-18(7-5-17)8-9-19-10-12-20(13-11-19)21-14-22(24)16-23(25)15-21/h10-18H,2-9H2,1H3. The molecule has 0 radical (unpaired) electrons. The minimum Gasteiger partial charge on any atom is -0.207 e. The Morgan fingerprint density at radius 1 is 0.760 bits per heavy atom. The number of aryl methyl sites for hydroxylation is 1. The first-order valence-electron chi connectivity index (χ1n) is 9.69. The van der Waals surface area contributed by atoms with Crippen LogP contribution in [-0.4, -0.2) is 0 Å². The fraction of sp³-hybridized carbons (Fsp3) is 0.478. The van der Waals surface area contributed by atoms with Gasteiger partial charge in [-0.3, -0.25) is 0 Å². The molecule has 1 aliphatic carbocycles. The van der Waals surface area contributed by atoms with Crippen molar-refractivity contribution in [2.45, 2.75) is 58.3 Å². The molecule has 2 aromatic rings. The van der Waals surface area contributed by atoms with Crippen LogP contribution in [0.3, 0.4) is 0 Å². The fourth-order valence-electron chi connectivity index (χ4n) is 4.17. The number of hydrogen-bond donors (Lipinski definition) is 0. The normalized spacial score (nSPS) is 20.6. The number of hydrogen-bond acceptors (Lipinski definition) is 0. The van der Waals surface area contributed by atoms with Crippen LogP contribution in [-0.2, 0) is 6.42 Å². The summed E-state index contributed by atoms with van der Waals surface area (Å²) in [6, 6.07) is 11.8. The monoisotopic (exact) mass is 342 g/mol. The zero-order valence-electron chi connectivity index (χ0n) is 15.1. The Morgan fingerprint density at radius 3 is 1.88 bits per heavy atom. The van der Waals surface area contributed by atoms with E-state index in [1.165, 1.54) is 62.6 Å². The molecule has 0 aromatic heterocycles. The smallest absolute Gasteiger partial charge is 0.126 e. The third-order valence-corrected chi connectivity index (χ3v) is 5.65. The Kier molecular flexibility index (Phi) is 6.23. The molecule has 0 nitrogen and oxygen atoms in total. The minimum absolute atomic E-state index is 0.530. The van der Waals surface area contributed by atoms with E-state index < -0.39 is 11.6 Å². The van der Waals surface area contributed by atoms with Crippen molar-refractivity contribution in [2.24, 2.45) is 11.8 Å². The molecule has 1 saturated carbocycles. The van der Waals surface area contributed by atoms with Crippen LogP contribution >= 0.6 is 0 Å². The van der Waals surface area contributed by atoms with Gasteiger partial charge in [0, 0.05) is 6.07 Å². The van der Waals surface area contributed by atoms with Crippen LogP contribution in [0.2, 0.25) is 0 Å². The molecule has 1 fully saturated rings. The largest absolute Gasteiger partial charge is 0.207 e. The molecule has 0 aliphatic heterocycles. The highest BCUT2D eigenvalue weighted by atomic mass is 19.1. The summed E-state index contributed by atoms with van der Waals surface area (Å²) in [4.78, 5) is 0. The molecule has 2 aromatic carbocycles. The van der Waals surface area contributed by atoms with Crippen molar-refractivity contribution >= 4 is 0 Å². The van der Waals surface area contributed by atoms with E-state index in [2.05, 4.69) is 19.1 Å². The molecule has 134 valence electrons. The maximum Gasteiger partial charge on any atom is 0.126 e. The average molecular weight is 342 g/mol. The second kappa shape index (κ2) is 8.60. The van der Waals surface area contributed by atoms with Crippen LogP contribution < -0.4 is 0 Å². The first-order valence-corrected chi connectivity index (χ1v) is 9.69. The highest BCUT2D eigenvalue weighted by Crippen LogP contribution is 2.34. The molecular weight excluding hydrogens is 314 g/mol. The Morgan fingerprint density at radius 2 is 1.32 bits per heavy atom. The Labute approximate surface area is 150 Å². The second-order valence-corrected chi connectivity index (χ2v) is 7.57. The van der Waals surface area contributed by atoms with Gasteiger partial charge < -0.3 is 0 Å². The van der Waals surface area contributed by atoms with Crippen LogP contribution in [0.1, 0.15) is 57.4 Å². The molecular formula is C23H28F2. The van der Waals surface area contributed by atoms with Gasteiger partial charge in [-0.1, -0.05) is 69.7 Å². The van der Waals surface area contributed by atoms with Crippen molar-refractivity contribution < 1.29 is 8.78 Å². The summed E-state index contributed by atoms with van der Waals surface area (Å²) >= 11 is 0. The molecule has 25 heavy (non-hydrogen) atoms. The zero-order valence-corrected chi connectivity index (χ0v) is 15.1. The van der Waals surface area contributed by atoms with Gasteiger partial charge in [-0.15, -0.1) is 0 Å². The van der Waals surface area contributed by atoms with Crippen LogP contribution in [0.4, 0.5) is 8.78 Å². The molecule has 0 amide bonds. The van der Waals surface area contributed by atoms with Gasteiger partial charge in [-0.2, -0.15) is 0 Å². The van der Waals surface area contributed by atoms with Gasteiger partial charge in [-0.05, 0) is 53.5 Å². The van der Waals surface area contributed by atoms with E-state index >= 15 is 0 Å². The molecule has 0 N–H and O–H groups in total. The van der Waals surface area contributed by atoms with Gasteiger partial charge in [0.15, 0.2) is 0 Å². The maximum atomic E-state index is 13.4. The van der Waals surface area contributed by atoms with E-state index in [1.807, 2.05) is 12.1 Å². The van der Waals surface area contributed by atoms with Crippen LogP contribution in [0.15, 0.2) is 42.5 Å². The van der Waals surface area contributed by atoms with Crippen LogP contribution in [0.5, 0.6) is 0 Å². The lowest BCUT2D eigenvalue weighted by atomic mass is 9.78. The summed E-state index contributed by atoms with van der Waals surface area (Å²) in [6.07, 6.45) is 10.6. The van der Waals surface area contributed by atoms with Gasteiger partial charge >= 0.3 is 0 Å². The van der Waals surface area contributed by atoms with Gasteiger partial charge in [0.2, 0.25) is 0 Å².